The standard InChI is InChI=1S/C25H30ClIN2O2/c1-25(11-10-24(30)31-17-27)16-29(13-12-28(25)2)23-15-21(18-6-4-3-5-7-18)20-9-8-19(26)14-22(20)23/h3-9,14,21,23H,10-13,15-17H2,1-2H3/t21-,23+,25?/m0/s1. The van der Waals surface area contributed by atoms with E-state index in [4.69, 9.17) is 16.3 Å². The number of benzene rings is 2. The SMILES string of the molecule is CN1CCN([C@@H]2C[C@@H](c3ccccc3)c3ccc(Cl)cc32)CC1(C)CCC(=O)OCI. The molecule has 2 aromatic carbocycles. The van der Waals surface area contributed by atoms with Crippen LogP contribution in [0.4, 0.5) is 0 Å². The number of likely N-dealkylation sites (N-methyl/N-ethyl adjacent to an activating group) is 1. The predicted molar refractivity (Wildman–Crippen MR) is 134 cm³/mol. The maximum absolute atomic E-state index is 12.0. The number of rotatable bonds is 6. The molecule has 0 bridgehead atoms. The number of esters is 1. The van der Waals surface area contributed by atoms with E-state index in [1.54, 1.807) is 0 Å². The number of fused-ring (bicyclic) bond motifs is 1. The summed E-state index contributed by atoms with van der Waals surface area (Å²) in [6.07, 6.45) is 2.32. The van der Waals surface area contributed by atoms with E-state index in [1.807, 2.05) is 6.07 Å². The molecule has 4 nitrogen and oxygen atoms in total. The van der Waals surface area contributed by atoms with Gasteiger partial charge >= 0.3 is 5.97 Å². The summed E-state index contributed by atoms with van der Waals surface area (Å²) in [5.41, 5.74) is 4.06. The largest absolute Gasteiger partial charge is 0.455 e. The summed E-state index contributed by atoms with van der Waals surface area (Å²) in [4.78, 5) is 17.0. The van der Waals surface area contributed by atoms with Crippen LogP contribution in [0.3, 0.4) is 0 Å². The van der Waals surface area contributed by atoms with E-state index in [-0.39, 0.29) is 11.5 Å². The molecule has 6 heteroatoms. The van der Waals surface area contributed by atoms with E-state index in [0.29, 0.717) is 23.0 Å². The summed E-state index contributed by atoms with van der Waals surface area (Å²) in [7, 11) is 2.17. The Bertz CT molecular complexity index is 925. The zero-order valence-corrected chi connectivity index (χ0v) is 21.1. The summed E-state index contributed by atoms with van der Waals surface area (Å²) < 4.78 is 5.58. The highest BCUT2D eigenvalue weighted by Crippen LogP contribution is 2.48. The molecule has 0 radical (unpaired) electrons. The van der Waals surface area contributed by atoms with Gasteiger partial charge in [0.25, 0.3) is 0 Å². The van der Waals surface area contributed by atoms with Gasteiger partial charge in [0.15, 0.2) is 0 Å². The molecule has 2 aliphatic rings. The van der Waals surface area contributed by atoms with E-state index in [9.17, 15) is 4.79 Å². The van der Waals surface area contributed by atoms with Crippen LogP contribution in [0.1, 0.15) is 54.8 Å². The van der Waals surface area contributed by atoms with Gasteiger partial charge in [-0.3, -0.25) is 14.6 Å². The van der Waals surface area contributed by atoms with Gasteiger partial charge in [-0.15, -0.1) is 0 Å². The maximum Gasteiger partial charge on any atom is 0.306 e. The van der Waals surface area contributed by atoms with Crippen LogP contribution in [-0.4, -0.2) is 52.6 Å². The molecule has 0 amide bonds. The first kappa shape index (κ1) is 23.0. The van der Waals surface area contributed by atoms with Gasteiger partial charge in [-0.25, -0.2) is 0 Å². The number of hydrogen-bond acceptors (Lipinski definition) is 4. The second-order valence-electron chi connectivity index (χ2n) is 9.00. The van der Waals surface area contributed by atoms with Crippen LogP contribution in [0.2, 0.25) is 5.02 Å². The first-order valence-corrected chi connectivity index (χ1v) is 12.8. The third kappa shape index (κ3) is 4.95. The van der Waals surface area contributed by atoms with Crippen LogP contribution >= 0.6 is 34.2 Å². The number of nitrogens with zero attached hydrogens (tertiary/aromatic N) is 2. The van der Waals surface area contributed by atoms with E-state index < -0.39 is 0 Å². The minimum atomic E-state index is -0.108. The molecule has 1 aliphatic carbocycles. The molecule has 1 fully saturated rings. The first-order valence-electron chi connectivity index (χ1n) is 10.9. The highest BCUT2D eigenvalue weighted by Gasteiger charge is 2.42. The quantitative estimate of drug-likeness (QED) is 0.264. The molecule has 2 aromatic rings. The molecule has 4 rings (SSSR count). The number of alkyl halides is 1. The maximum atomic E-state index is 12.0. The van der Waals surface area contributed by atoms with E-state index in [1.165, 1.54) is 16.7 Å². The fourth-order valence-corrected chi connectivity index (χ4v) is 5.73. The molecular weight excluding hydrogens is 523 g/mol. The second-order valence-corrected chi connectivity index (χ2v) is 10.1. The monoisotopic (exact) mass is 552 g/mol. The van der Waals surface area contributed by atoms with E-state index in [0.717, 1.165) is 37.5 Å². The smallest absolute Gasteiger partial charge is 0.306 e. The summed E-state index contributed by atoms with van der Waals surface area (Å²) in [5.74, 6) is 0.284. The van der Waals surface area contributed by atoms with E-state index >= 15 is 0 Å². The minimum Gasteiger partial charge on any atom is -0.455 e. The molecule has 1 unspecified atom stereocenters. The Balaban J connectivity index is 1.57. The van der Waals surface area contributed by atoms with Gasteiger partial charge in [0.1, 0.15) is 4.61 Å². The van der Waals surface area contributed by atoms with Crippen molar-refractivity contribution >= 4 is 40.2 Å². The lowest BCUT2D eigenvalue weighted by molar-refractivity contribution is -0.142. The van der Waals surface area contributed by atoms with Crippen molar-refractivity contribution in [3.8, 4) is 0 Å². The van der Waals surface area contributed by atoms with Crippen molar-refractivity contribution in [1.82, 2.24) is 9.80 Å². The topological polar surface area (TPSA) is 32.8 Å². The lowest BCUT2D eigenvalue weighted by Crippen LogP contribution is -2.59. The van der Waals surface area contributed by atoms with Crippen molar-refractivity contribution in [3.05, 3.63) is 70.2 Å². The fourth-order valence-electron chi connectivity index (χ4n) is 5.20. The average molecular weight is 553 g/mol. The average Bonchev–Trinajstić information content (AvgIpc) is 3.14. The number of carbonyl (C=O) groups is 1. The van der Waals surface area contributed by atoms with Gasteiger partial charge in [0.2, 0.25) is 0 Å². The van der Waals surface area contributed by atoms with Gasteiger partial charge in [0, 0.05) is 48.6 Å². The van der Waals surface area contributed by atoms with Gasteiger partial charge in [-0.05, 0) is 78.2 Å². The lowest BCUT2D eigenvalue weighted by Gasteiger charge is -2.49. The van der Waals surface area contributed by atoms with Crippen LogP contribution in [0.15, 0.2) is 48.5 Å². The Morgan fingerprint density at radius 3 is 2.71 bits per heavy atom. The van der Waals surface area contributed by atoms with Gasteiger partial charge in [-0.1, -0.05) is 48.0 Å². The number of carbonyl (C=O) groups excluding carboxylic acids is 1. The van der Waals surface area contributed by atoms with Crippen LogP contribution in [0.25, 0.3) is 0 Å². The highest BCUT2D eigenvalue weighted by atomic mass is 127. The highest BCUT2D eigenvalue weighted by molar-refractivity contribution is 14.1. The van der Waals surface area contributed by atoms with Crippen LogP contribution < -0.4 is 0 Å². The Morgan fingerprint density at radius 1 is 1.19 bits per heavy atom. The predicted octanol–water partition coefficient (Wildman–Crippen LogP) is 5.64. The number of piperazine rings is 1. The Kier molecular flexibility index (Phi) is 7.26. The molecule has 1 aliphatic heterocycles. The fraction of sp³-hybridized carbons (Fsp3) is 0.480. The van der Waals surface area contributed by atoms with Crippen LogP contribution in [-0.2, 0) is 9.53 Å². The zero-order valence-electron chi connectivity index (χ0n) is 18.2. The van der Waals surface area contributed by atoms with Gasteiger partial charge in [-0.2, -0.15) is 0 Å². The molecule has 31 heavy (non-hydrogen) atoms. The van der Waals surface area contributed by atoms with Crippen LogP contribution in [0, 0.1) is 0 Å². The molecular formula is C25H30ClIN2O2. The van der Waals surface area contributed by atoms with Crippen molar-refractivity contribution in [2.24, 2.45) is 0 Å². The van der Waals surface area contributed by atoms with Crippen molar-refractivity contribution < 1.29 is 9.53 Å². The lowest BCUT2D eigenvalue weighted by atomic mass is 9.89. The molecule has 0 saturated carbocycles. The third-order valence-corrected chi connectivity index (χ3v) is 7.70. The Hall–Kier alpha value is -1.15. The number of ether oxygens (including phenoxy) is 1. The molecule has 0 aromatic heterocycles. The van der Waals surface area contributed by atoms with Gasteiger partial charge in [0.05, 0.1) is 0 Å². The van der Waals surface area contributed by atoms with E-state index in [2.05, 4.69) is 88.8 Å². The third-order valence-electron chi connectivity index (χ3n) is 7.16. The van der Waals surface area contributed by atoms with Crippen molar-refractivity contribution in [2.45, 2.75) is 43.7 Å². The molecule has 0 spiro atoms. The molecule has 166 valence electrons. The molecule has 1 saturated heterocycles. The van der Waals surface area contributed by atoms with Crippen LogP contribution in [0.5, 0.6) is 0 Å². The molecule has 1 heterocycles. The van der Waals surface area contributed by atoms with Crippen molar-refractivity contribution in [1.29, 1.82) is 0 Å². The van der Waals surface area contributed by atoms with Crippen molar-refractivity contribution in [3.63, 3.8) is 0 Å². The molecule has 3 atom stereocenters. The minimum absolute atomic E-state index is 0.0634. The first-order chi connectivity index (χ1) is 14.9. The number of halogens is 2. The molecule has 0 N–H and O–H groups in total. The summed E-state index contributed by atoms with van der Waals surface area (Å²) in [6, 6.07) is 17.5. The summed E-state index contributed by atoms with van der Waals surface area (Å²) >= 11 is 8.51. The second kappa shape index (κ2) is 9.77. The Labute approximate surface area is 204 Å². The Morgan fingerprint density at radius 2 is 1.97 bits per heavy atom. The normalized spacial score (nSPS) is 26.6. The summed E-state index contributed by atoms with van der Waals surface area (Å²) in [5, 5.41) is 0.802. The zero-order chi connectivity index (χ0) is 22.0. The summed E-state index contributed by atoms with van der Waals surface area (Å²) in [6.45, 7) is 5.21. The van der Waals surface area contributed by atoms with Crippen molar-refractivity contribution in [2.75, 3.05) is 31.3 Å². The van der Waals surface area contributed by atoms with Gasteiger partial charge < -0.3 is 4.74 Å². The number of hydrogen-bond donors (Lipinski definition) is 0.